The highest BCUT2D eigenvalue weighted by Crippen LogP contribution is 2.18. The minimum Gasteiger partial charge on any atom is -0.396 e. The van der Waals surface area contributed by atoms with E-state index in [1.807, 2.05) is 29.2 Å². The van der Waals surface area contributed by atoms with E-state index < -0.39 is 0 Å². The second-order valence-electron chi connectivity index (χ2n) is 5.13. The zero-order chi connectivity index (χ0) is 13.7. The zero-order valence-corrected chi connectivity index (χ0v) is 11.8. The van der Waals surface area contributed by atoms with Crippen LogP contribution in [0.3, 0.4) is 0 Å². The summed E-state index contributed by atoms with van der Waals surface area (Å²) in [5.74, 6) is 0.589. The van der Waals surface area contributed by atoms with Gasteiger partial charge in [-0.3, -0.25) is 4.79 Å². The van der Waals surface area contributed by atoms with Gasteiger partial charge < -0.3 is 10.0 Å². The largest absolute Gasteiger partial charge is 0.396 e. The molecule has 1 aliphatic heterocycles. The Labute approximate surface area is 119 Å². The smallest absolute Gasteiger partial charge is 0.222 e. The van der Waals surface area contributed by atoms with E-state index in [-0.39, 0.29) is 12.5 Å². The molecule has 0 radical (unpaired) electrons. The third kappa shape index (κ3) is 4.22. The maximum atomic E-state index is 12.1. The van der Waals surface area contributed by atoms with Gasteiger partial charge in [-0.15, -0.1) is 0 Å². The Morgan fingerprint density at radius 1 is 1.26 bits per heavy atom. The topological polar surface area (TPSA) is 40.5 Å². The first-order valence-electron chi connectivity index (χ1n) is 6.82. The molecule has 1 heterocycles. The minimum absolute atomic E-state index is 0.214. The van der Waals surface area contributed by atoms with E-state index in [0.29, 0.717) is 12.3 Å². The fourth-order valence-corrected chi connectivity index (χ4v) is 2.55. The summed E-state index contributed by atoms with van der Waals surface area (Å²) in [6, 6.07) is 7.64. The highest BCUT2D eigenvalue weighted by Gasteiger charge is 2.21. The summed E-state index contributed by atoms with van der Waals surface area (Å²) in [6.07, 6.45) is 3.15. The van der Waals surface area contributed by atoms with Gasteiger partial charge >= 0.3 is 0 Å². The molecule has 1 aromatic rings. The molecule has 4 heteroatoms. The van der Waals surface area contributed by atoms with Crippen molar-refractivity contribution in [2.24, 2.45) is 5.92 Å². The van der Waals surface area contributed by atoms with Crippen molar-refractivity contribution in [1.82, 2.24) is 4.90 Å². The maximum absolute atomic E-state index is 12.1. The van der Waals surface area contributed by atoms with Gasteiger partial charge in [0.05, 0.1) is 0 Å². The van der Waals surface area contributed by atoms with E-state index in [1.54, 1.807) is 0 Å². The standard InChI is InChI=1S/C15H20ClNO2/c16-14-4-1-12(2-5-14)3-6-15(19)17-9-7-13(11-18)8-10-17/h1-2,4-5,13,18H,3,6-11H2. The van der Waals surface area contributed by atoms with Crippen molar-refractivity contribution < 1.29 is 9.90 Å². The Balaban J connectivity index is 1.77. The lowest BCUT2D eigenvalue weighted by Gasteiger charge is -2.31. The van der Waals surface area contributed by atoms with Gasteiger partial charge in [0.25, 0.3) is 0 Å². The average molecular weight is 282 g/mol. The molecule has 0 saturated carbocycles. The van der Waals surface area contributed by atoms with Crippen LogP contribution in [0.25, 0.3) is 0 Å². The van der Waals surface area contributed by atoms with Crippen molar-refractivity contribution in [2.45, 2.75) is 25.7 Å². The number of halogens is 1. The van der Waals surface area contributed by atoms with Gasteiger partial charge in [-0.05, 0) is 42.9 Å². The first-order chi connectivity index (χ1) is 9.19. The number of benzene rings is 1. The predicted octanol–water partition coefficient (Wildman–Crippen LogP) is 2.50. The average Bonchev–Trinajstić information content (AvgIpc) is 2.46. The first kappa shape index (κ1) is 14.4. The van der Waals surface area contributed by atoms with E-state index in [2.05, 4.69) is 0 Å². The number of hydrogen-bond acceptors (Lipinski definition) is 2. The molecule has 1 fully saturated rings. The van der Waals surface area contributed by atoms with Crippen LogP contribution in [0.1, 0.15) is 24.8 Å². The number of aliphatic hydroxyl groups excluding tert-OH is 1. The van der Waals surface area contributed by atoms with E-state index in [1.165, 1.54) is 0 Å². The van der Waals surface area contributed by atoms with Gasteiger partial charge in [-0.25, -0.2) is 0 Å². The third-order valence-corrected chi connectivity index (χ3v) is 4.02. The lowest BCUT2D eigenvalue weighted by molar-refractivity contribution is -0.132. The molecular weight excluding hydrogens is 262 g/mol. The first-order valence-corrected chi connectivity index (χ1v) is 7.20. The maximum Gasteiger partial charge on any atom is 0.222 e. The Hall–Kier alpha value is -1.06. The van der Waals surface area contributed by atoms with Crippen LogP contribution in [0.15, 0.2) is 24.3 Å². The van der Waals surface area contributed by atoms with Gasteiger partial charge in [0.15, 0.2) is 0 Å². The summed E-state index contributed by atoms with van der Waals surface area (Å²) in [6.45, 7) is 1.81. The summed E-state index contributed by atoms with van der Waals surface area (Å²) < 4.78 is 0. The van der Waals surface area contributed by atoms with E-state index in [9.17, 15) is 4.79 Å². The number of hydrogen-bond donors (Lipinski definition) is 1. The molecule has 104 valence electrons. The Morgan fingerprint density at radius 2 is 1.89 bits per heavy atom. The fraction of sp³-hybridized carbons (Fsp3) is 0.533. The lowest BCUT2D eigenvalue weighted by Crippen LogP contribution is -2.39. The molecule has 1 aliphatic rings. The number of nitrogens with zero attached hydrogens (tertiary/aromatic N) is 1. The third-order valence-electron chi connectivity index (χ3n) is 3.77. The molecule has 2 rings (SSSR count). The Kier molecular flexibility index (Phi) is 5.23. The van der Waals surface area contributed by atoms with Crippen LogP contribution >= 0.6 is 11.6 Å². The molecule has 1 aromatic carbocycles. The van der Waals surface area contributed by atoms with Crippen LogP contribution < -0.4 is 0 Å². The summed E-state index contributed by atoms with van der Waals surface area (Å²) in [5, 5.41) is 9.80. The number of likely N-dealkylation sites (tertiary alicyclic amines) is 1. The molecule has 19 heavy (non-hydrogen) atoms. The van der Waals surface area contributed by atoms with Gasteiger partial charge in [0, 0.05) is 31.1 Å². The molecule has 1 saturated heterocycles. The number of carbonyl (C=O) groups is 1. The number of piperidine rings is 1. The molecule has 0 spiro atoms. The highest BCUT2D eigenvalue weighted by atomic mass is 35.5. The summed E-state index contributed by atoms with van der Waals surface area (Å²) in [5.41, 5.74) is 1.14. The SMILES string of the molecule is O=C(CCc1ccc(Cl)cc1)N1CCC(CO)CC1. The van der Waals surface area contributed by atoms with Gasteiger partial charge in [0.1, 0.15) is 0 Å². The van der Waals surface area contributed by atoms with Crippen molar-refractivity contribution in [3.05, 3.63) is 34.9 Å². The number of aryl methyl sites for hydroxylation is 1. The lowest BCUT2D eigenvalue weighted by atomic mass is 9.97. The van der Waals surface area contributed by atoms with Crippen LogP contribution in [0.4, 0.5) is 0 Å². The Morgan fingerprint density at radius 3 is 2.47 bits per heavy atom. The van der Waals surface area contributed by atoms with E-state index >= 15 is 0 Å². The number of rotatable bonds is 4. The van der Waals surface area contributed by atoms with Crippen molar-refractivity contribution >= 4 is 17.5 Å². The van der Waals surface area contributed by atoms with Crippen molar-refractivity contribution in [3.63, 3.8) is 0 Å². The van der Waals surface area contributed by atoms with Crippen LogP contribution in [-0.4, -0.2) is 35.6 Å². The molecule has 0 atom stereocenters. The predicted molar refractivity (Wildman–Crippen MR) is 76.2 cm³/mol. The van der Waals surface area contributed by atoms with Crippen molar-refractivity contribution in [1.29, 1.82) is 0 Å². The Bertz CT molecular complexity index is 411. The fourth-order valence-electron chi connectivity index (χ4n) is 2.43. The van der Waals surface area contributed by atoms with Crippen molar-refractivity contribution in [2.75, 3.05) is 19.7 Å². The van der Waals surface area contributed by atoms with Gasteiger partial charge in [-0.2, -0.15) is 0 Å². The van der Waals surface area contributed by atoms with Crippen LogP contribution in [-0.2, 0) is 11.2 Å². The monoisotopic (exact) mass is 281 g/mol. The quantitative estimate of drug-likeness (QED) is 0.921. The second-order valence-corrected chi connectivity index (χ2v) is 5.57. The molecule has 0 bridgehead atoms. The molecular formula is C15H20ClNO2. The summed E-state index contributed by atoms with van der Waals surface area (Å²) >= 11 is 5.83. The molecule has 0 unspecified atom stereocenters. The second kappa shape index (κ2) is 6.92. The van der Waals surface area contributed by atoms with Crippen molar-refractivity contribution in [3.8, 4) is 0 Å². The van der Waals surface area contributed by atoms with Gasteiger partial charge in [0.2, 0.25) is 5.91 Å². The van der Waals surface area contributed by atoms with Gasteiger partial charge in [-0.1, -0.05) is 23.7 Å². The molecule has 3 nitrogen and oxygen atoms in total. The van der Waals surface area contributed by atoms with E-state index in [4.69, 9.17) is 16.7 Å². The van der Waals surface area contributed by atoms with E-state index in [0.717, 1.165) is 42.9 Å². The summed E-state index contributed by atoms with van der Waals surface area (Å²) in [7, 11) is 0. The number of aliphatic hydroxyl groups is 1. The normalized spacial score (nSPS) is 16.6. The molecule has 1 N–H and O–H groups in total. The van der Waals surface area contributed by atoms with Crippen LogP contribution in [0.2, 0.25) is 5.02 Å². The van der Waals surface area contributed by atoms with Crippen LogP contribution in [0, 0.1) is 5.92 Å². The number of carbonyl (C=O) groups excluding carboxylic acids is 1. The summed E-state index contributed by atoms with van der Waals surface area (Å²) in [4.78, 5) is 14.0. The highest BCUT2D eigenvalue weighted by molar-refractivity contribution is 6.30. The number of amides is 1. The molecule has 0 aromatic heterocycles. The minimum atomic E-state index is 0.214. The molecule has 1 amide bonds. The molecule has 0 aliphatic carbocycles. The van der Waals surface area contributed by atoms with Crippen LogP contribution in [0.5, 0.6) is 0 Å². The zero-order valence-electron chi connectivity index (χ0n) is 11.0.